The molecule has 1 aromatic heterocycles. The second kappa shape index (κ2) is 7.62. The molecular weight excluding hydrogens is 395 g/mol. The number of fused-ring (bicyclic) bond motifs is 1. The molecule has 1 aliphatic carbocycles. The van der Waals surface area contributed by atoms with E-state index in [1.54, 1.807) is 6.07 Å². The van der Waals surface area contributed by atoms with Gasteiger partial charge in [-0.1, -0.05) is 17.7 Å². The van der Waals surface area contributed by atoms with Crippen LogP contribution < -0.4 is 15.6 Å². The highest BCUT2D eigenvalue weighted by atomic mass is 35.5. The molecule has 6 nitrogen and oxygen atoms in total. The molecular formula is C21H20ClFN4O2. The molecule has 0 radical (unpaired) electrons. The molecule has 0 bridgehead atoms. The fourth-order valence-corrected chi connectivity index (χ4v) is 4.28. The van der Waals surface area contributed by atoms with Crippen LogP contribution in [0.25, 0.3) is 10.9 Å². The molecule has 0 amide bonds. The summed E-state index contributed by atoms with van der Waals surface area (Å²) >= 11 is 6.68. The van der Waals surface area contributed by atoms with E-state index in [0.717, 1.165) is 18.4 Å². The van der Waals surface area contributed by atoms with Crippen molar-refractivity contribution in [2.45, 2.75) is 25.3 Å². The first-order valence-corrected chi connectivity index (χ1v) is 9.88. The van der Waals surface area contributed by atoms with Gasteiger partial charge in [-0.05, 0) is 31.5 Å². The largest absolute Gasteiger partial charge is 0.360 e. The molecule has 2 heterocycles. The number of nitriles is 1. The number of pyridine rings is 1. The Morgan fingerprint density at radius 1 is 1.45 bits per heavy atom. The smallest absolute Gasteiger partial charge is 0.200 e. The molecule has 0 saturated heterocycles. The van der Waals surface area contributed by atoms with Gasteiger partial charge in [0.05, 0.1) is 39.7 Å². The number of aromatic nitrogens is 1. The summed E-state index contributed by atoms with van der Waals surface area (Å²) in [5.74, 6) is -1.15. The van der Waals surface area contributed by atoms with E-state index in [1.165, 1.54) is 12.3 Å². The fourth-order valence-electron chi connectivity index (χ4n) is 3.87. The van der Waals surface area contributed by atoms with Crippen molar-refractivity contribution in [1.82, 2.24) is 9.88 Å². The average Bonchev–Trinajstić information content (AvgIpc) is 3.43. The van der Waals surface area contributed by atoms with Crippen LogP contribution in [0.2, 0.25) is 5.02 Å². The van der Waals surface area contributed by atoms with Crippen LogP contribution in [-0.4, -0.2) is 37.0 Å². The van der Waals surface area contributed by atoms with Gasteiger partial charge in [0.15, 0.2) is 11.2 Å². The van der Waals surface area contributed by atoms with Gasteiger partial charge in [0.2, 0.25) is 0 Å². The van der Waals surface area contributed by atoms with Crippen molar-refractivity contribution in [1.29, 1.82) is 5.26 Å². The van der Waals surface area contributed by atoms with Crippen LogP contribution >= 0.6 is 11.6 Å². The SMILES string of the molecule is CNCC1=CCN(c2c(F)cc3c(=O)c(C(=O)CC#N)cn(C4CC4)c3c2Cl)C1. The summed E-state index contributed by atoms with van der Waals surface area (Å²) in [5, 5.41) is 12.2. The fraction of sp³-hybridized carbons (Fsp3) is 0.381. The van der Waals surface area contributed by atoms with E-state index >= 15 is 4.39 Å². The lowest BCUT2D eigenvalue weighted by Crippen LogP contribution is -2.25. The zero-order valence-corrected chi connectivity index (χ0v) is 16.7. The Kier molecular flexibility index (Phi) is 5.15. The van der Waals surface area contributed by atoms with Gasteiger partial charge in [0, 0.05) is 31.9 Å². The number of nitrogens with zero attached hydrogens (tertiary/aromatic N) is 3. The standard InChI is InChI=1S/C21H20ClFN4O2/c1-25-9-12-5-7-26(10-12)20-16(23)8-14-19(18(20)22)27(13-2-3-13)11-15(21(14)29)17(28)4-6-24/h5,8,11,13,25H,2-4,7,9-10H2,1H3. The van der Waals surface area contributed by atoms with Gasteiger partial charge in [-0.3, -0.25) is 9.59 Å². The Bertz CT molecular complexity index is 1140. The van der Waals surface area contributed by atoms with Gasteiger partial charge in [-0.25, -0.2) is 4.39 Å². The minimum Gasteiger partial charge on any atom is -0.360 e. The van der Waals surface area contributed by atoms with E-state index in [1.807, 2.05) is 22.6 Å². The zero-order chi connectivity index (χ0) is 20.7. The Morgan fingerprint density at radius 3 is 2.86 bits per heavy atom. The van der Waals surface area contributed by atoms with Gasteiger partial charge in [-0.15, -0.1) is 0 Å². The van der Waals surface area contributed by atoms with E-state index in [9.17, 15) is 9.59 Å². The number of nitrogens with one attached hydrogen (secondary N) is 1. The quantitative estimate of drug-likeness (QED) is 0.580. The molecule has 8 heteroatoms. The molecule has 29 heavy (non-hydrogen) atoms. The maximum atomic E-state index is 15.1. The number of benzene rings is 1. The molecule has 2 aromatic rings. The Labute approximate surface area is 172 Å². The molecule has 4 rings (SSSR count). The minimum absolute atomic E-state index is 0.0783. The topological polar surface area (TPSA) is 78.1 Å². The zero-order valence-electron chi connectivity index (χ0n) is 16.0. The van der Waals surface area contributed by atoms with Crippen molar-refractivity contribution < 1.29 is 9.18 Å². The maximum absolute atomic E-state index is 15.1. The number of likely N-dealkylation sites (N-methyl/N-ethyl adjacent to an activating group) is 1. The monoisotopic (exact) mass is 414 g/mol. The lowest BCUT2D eigenvalue weighted by atomic mass is 10.1. The van der Waals surface area contributed by atoms with Crippen molar-refractivity contribution in [2.24, 2.45) is 0 Å². The van der Waals surface area contributed by atoms with Gasteiger partial charge in [0.25, 0.3) is 0 Å². The van der Waals surface area contributed by atoms with Crippen molar-refractivity contribution >= 4 is 34.0 Å². The first-order chi connectivity index (χ1) is 14.0. The number of Topliss-reactive ketones (excluding diaryl/α,β-unsaturated/α-hetero) is 1. The number of hydrogen-bond acceptors (Lipinski definition) is 5. The second-order valence-electron chi connectivity index (χ2n) is 7.46. The number of hydrogen-bond donors (Lipinski definition) is 1. The third-order valence-corrected chi connectivity index (χ3v) is 5.74. The molecule has 2 aliphatic rings. The predicted molar refractivity (Wildman–Crippen MR) is 110 cm³/mol. The highest BCUT2D eigenvalue weighted by Crippen LogP contribution is 2.42. The number of carbonyl (C=O) groups is 1. The van der Waals surface area contributed by atoms with Crippen LogP contribution in [0.5, 0.6) is 0 Å². The van der Waals surface area contributed by atoms with Gasteiger partial charge in [0.1, 0.15) is 5.82 Å². The molecule has 0 atom stereocenters. The number of carbonyl (C=O) groups excluding carboxylic acids is 1. The van der Waals surface area contributed by atoms with E-state index < -0.39 is 23.5 Å². The van der Waals surface area contributed by atoms with Crippen molar-refractivity contribution in [2.75, 3.05) is 31.6 Å². The number of halogens is 2. The summed E-state index contributed by atoms with van der Waals surface area (Å²) in [6, 6.07) is 3.06. The Balaban J connectivity index is 1.89. The summed E-state index contributed by atoms with van der Waals surface area (Å²) in [6.45, 7) is 1.79. The molecule has 0 spiro atoms. The van der Waals surface area contributed by atoms with E-state index in [4.69, 9.17) is 16.9 Å². The molecule has 1 aliphatic heterocycles. The van der Waals surface area contributed by atoms with Crippen molar-refractivity contribution in [3.05, 3.63) is 50.5 Å². The maximum Gasteiger partial charge on any atom is 0.200 e. The van der Waals surface area contributed by atoms with Crippen LogP contribution in [0.15, 0.2) is 28.7 Å². The molecule has 1 N–H and O–H groups in total. The third-order valence-electron chi connectivity index (χ3n) is 5.38. The van der Waals surface area contributed by atoms with E-state index in [-0.39, 0.29) is 27.7 Å². The summed E-state index contributed by atoms with van der Waals surface area (Å²) in [6.07, 6.45) is 4.92. The average molecular weight is 415 g/mol. The number of ketones is 1. The normalized spacial score (nSPS) is 16.2. The van der Waals surface area contributed by atoms with Crippen LogP contribution in [-0.2, 0) is 0 Å². The highest BCUT2D eigenvalue weighted by Gasteiger charge is 2.30. The van der Waals surface area contributed by atoms with E-state index in [0.29, 0.717) is 25.2 Å². The lowest BCUT2D eigenvalue weighted by Gasteiger charge is -2.23. The minimum atomic E-state index is -0.592. The Hall–Kier alpha value is -2.69. The summed E-state index contributed by atoms with van der Waals surface area (Å²) in [4.78, 5) is 27.0. The van der Waals surface area contributed by atoms with E-state index in [2.05, 4.69) is 5.32 Å². The second-order valence-corrected chi connectivity index (χ2v) is 7.84. The Morgan fingerprint density at radius 2 is 2.21 bits per heavy atom. The number of anilines is 1. The highest BCUT2D eigenvalue weighted by molar-refractivity contribution is 6.38. The van der Waals surface area contributed by atoms with Gasteiger partial charge in [-0.2, -0.15) is 5.26 Å². The van der Waals surface area contributed by atoms with Crippen molar-refractivity contribution in [3.63, 3.8) is 0 Å². The molecule has 1 saturated carbocycles. The summed E-state index contributed by atoms with van der Waals surface area (Å²) < 4.78 is 16.9. The summed E-state index contributed by atoms with van der Waals surface area (Å²) in [7, 11) is 1.85. The van der Waals surface area contributed by atoms with Crippen LogP contribution in [0.1, 0.15) is 35.7 Å². The molecule has 0 unspecified atom stereocenters. The van der Waals surface area contributed by atoms with Gasteiger partial charge >= 0.3 is 0 Å². The first kappa shape index (κ1) is 19.6. The summed E-state index contributed by atoms with van der Waals surface area (Å²) in [5.41, 5.74) is 1.19. The van der Waals surface area contributed by atoms with Crippen molar-refractivity contribution in [3.8, 4) is 6.07 Å². The van der Waals surface area contributed by atoms with Crippen LogP contribution in [0.4, 0.5) is 10.1 Å². The molecule has 1 fully saturated rings. The first-order valence-electron chi connectivity index (χ1n) is 9.50. The predicted octanol–water partition coefficient (Wildman–Crippen LogP) is 3.19. The lowest BCUT2D eigenvalue weighted by molar-refractivity contribution is 0.0996. The number of rotatable bonds is 6. The van der Waals surface area contributed by atoms with Gasteiger partial charge < -0.3 is 14.8 Å². The molecule has 1 aromatic carbocycles. The third kappa shape index (κ3) is 3.43. The van der Waals surface area contributed by atoms with Crippen LogP contribution in [0, 0.1) is 17.1 Å². The van der Waals surface area contributed by atoms with Crippen LogP contribution in [0.3, 0.4) is 0 Å². The molecule has 150 valence electrons.